The Morgan fingerprint density at radius 1 is 1.41 bits per heavy atom. The monoisotopic (exact) mass is 255 g/mol. The van der Waals surface area contributed by atoms with Crippen molar-refractivity contribution in [3.05, 3.63) is 12.4 Å². The average Bonchev–Trinajstić information content (AvgIpc) is 2.92. The maximum atomic E-state index is 11.7. The summed E-state index contributed by atoms with van der Waals surface area (Å²) in [5.41, 5.74) is 0. The van der Waals surface area contributed by atoms with E-state index >= 15 is 0 Å². The van der Waals surface area contributed by atoms with E-state index < -0.39 is 9.84 Å². The Labute approximate surface area is 101 Å². The average molecular weight is 255 g/mol. The highest BCUT2D eigenvalue weighted by Gasteiger charge is 2.31. The van der Waals surface area contributed by atoms with Gasteiger partial charge in [0.2, 0.25) is 5.95 Å². The number of imidazole rings is 1. The van der Waals surface area contributed by atoms with Crippen molar-refractivity contribution in [2.45, 2.75) is 37.0 Å². The lowest BCUT2D eigenvalue weighted by Crippen LogP contribution is -2.26. The van der Waals surface area contributed by atoms with Crippen molar-refractivity contribution < 1.29 is 8.42 Å². The molecule has 1 saturated heterocycles. The molecule has 6 heteroatoms. The molecule has 0 amide bonds. The number of nitrogens with one attached hydrogen (secondary N) is 1. The van der Waals surface area contributed by atoms with E-state index in [1.165, 1.54) is 12.8 Å². The lowest BCUT2D eigenvalue weighted by atomic mass is 10.2. The van der Waals surface area contributed by atoms with Crippen LogP contribution in [-0.2, 0) is 9.84 Å². The van der Waals surface area contributed by atoms with Crippen LogP contribution in [0.15, 0.2) is 12.4 Å². The molecule has 1 aliphatic heterocycles. The molecule has 1 unspecified atom stereocenters. The van der Waals surface area contributed by atoms with Gasteiger partial charge in [-0.15, -0.1) is 0 Å². The summed E-state index contributed by atoms with van der Waals surface area (Å²) < 4.78 is 25.5. The van der Waals surface area contributed by atoms with Gasteiger partial charge in [0.1, 0.15) is 0 Å². The van der Waals surface area contributed by atoms with Crippen molar-refractivity contribution in [3.63, 3.8) is 0 Å². The van der Waals surface area contributed by atoms with E-state index in [4.69, 9.17) is 0 Å². The Balaban J connectivity index is 1.65. The molecule has 1 aromatic heterocycles. The first kappa shape index (κ1) is 11.1. The third kappa shape index (κ3) is 2.18. The molecule has 94 valence electrons. The molecule has 1 aliphatic carbocycles. The highest BCUT2D eigenvalue weighted by atomic mass is 32.2. The number of hydrogen-bond acceptors (Lipinski definition) is 4. The first-order valence-corrected chi connectivity index (χ1v) is 7.86. The van der Waals surface area contributed by atoms with E-state index in [-0.39, 0.29) is 5.25 Å². The SMILES string of the molecule is O=S1(=O)CCCC1CNc1nccn1C1CC1. The molecule has 17 heavy (non-hydrogen) atoms. The van der Waals surface area contributed by atoms with Crippen LogP contribution >= 0.6 is 0 Å². The molecule has 0 radical (unpaired) electrons. The number of anilines is 1. The Morgan fingerprint density at radius 2 is 2.24 bits per heavy atom. The Morgan fingerprint density at radius 3 is 2.88 bits per heavy atom. The normalized spacial score (nSPS) is 27.2. The maximum Gasteiger partial charge on any atom is 0.203 e. The van der Waals surface area contributed by atoms with Crippen molar-refractivity contribution in [2.75, 3.05) is 17.6 Å². The van der Waals surface area contributed by atoms with Crippen LogP contribution in [0.25, 0.3) is 0 Å². The summed E-state index contributed by atoms with van der Waals surface area (Å²) in [6.45, 7) is 0.492. The van der Waals surface area contributed by atoms with Crippen LogP contribution in [0.4, 0.5) is 5.95 Å². The lowest BCUT2D eigenvalue weighted by Gasteiger charge is -2.12. The fourth-order valence-corrected chi connectivity index (χ4v) is 4.16. The zero-order valence-electron chi connectivity index (χ0n) is 9.67. The zero-order chi connectivity index (χ0) is 11.9. The van der Waals surface area contributed by atoms with Crippen molar-refractivity contribution in [3.8, 4) is 0 Å². The smallest absolute Gasteiger partial charge is 0.203 e. The van der Waals surface area contributed by atoms with Crippen LogP contribution in [0.3, 0.4) is 0 Å². The maximum absolute atomic E-state index is 11.7. The van der Waals surface area contributed by atoms with Gasteiger partial charge in [0.15, 0.2) is 9.84 Å². The van der Waals surface area contributed by atoms with Crippen molar-refractivity contribution >= 4 is 15.8 Å². The topological polar surface area (TPSA) is 64.0 Å². The Hall–Kier alpha value is -1.04. The van der Waals surface area contributed by atoms with Gasteiger partial charge >= 0.3 is 0 Å². The van der Waals surface area contributed by atoms with Gasteiger partial charge in [0, 0.05) is 25.0 Å². The highest BCUT2D eigenvalue weighted by Crippen LogP contribution is 2.36. The molecule has 3 rings (SSSR count). The number of nitrogens with zero attached hydrogens (tertiary/aromatic N) is 2. The molecule has 1 aromatic rings. The second-order valence-corrected chi connectivity index (χ2v) is 7.30. The van der Waals surface area contributed by atoms with Crippen molar-refractivity contribution in [2.24, 2.45) is 0 Å². The second-order valence-electron chi connectivity index (χ2n) is 4.90. The van der Waals surface area contributed by atoms with E-state index in [1.54, 1.807) is 6.20 Å². The summed E-state index contributed by atoms with van der Waals surface area (Å²) in [6.07, 6.45) is 7.71. The zero-order valence-corrected chi connectivity index (χ0v) is 10.5. The van der Waals surface area contributed by atoms with E-state index in [1.807, 2.05) is 6.20 Å². The van der Waals surface area contributed by atoms with Gasteiger partial charge in [-0.3, -0.25) is 0 Å². The molecule has 1 N–H and O–H groups in total. The summed E-state index contributed by atoms with van der Waals surface area (Å²) in [6, 6.07) is 0.570. The molecule has 2 aliphatic rings. The van der Waals surface area contributed by atoms with Crippen LogP contribution < -0.4 is 5.32 Å². The van der Waals surface area contributed by atoms with Crippen LogP contribution in [0.2, 0.25) is 0 Å². The molecule has 0 spiro atoms. The van der Waals surface area contributed by atoms with Crippen molar-refractivity contribution in [1.29, 1.82) is 0 Å². The molecule has 0 aromatic carbocycles. The van der Waals surface area contributed by atoms with Gasteiger partial charge in [-0.2, -0.15) is 0 Å². The Kier molecular flexibility index (Phi) is 2.61. The Bertz CT molecular complexity index is 505. The van der Waals surface area contributed by atoms with Gasteiger partial charge in [0.05, 0.1) is 11.0 Å². The van der Waals surface area contributed by atoms with Gasteiger partial charge in [-0.25, -0.2) is 13.4 Å². The van der Waals surface area contributed by atoms with Crippen LogP contribution in [0.1, 0.15) is 31.7 Å². The molecular weight excluding hydrogens is 238 g/mol. The van der Waals surface area contributed by atoms with Crippen LogP contribution in [0.5, 0.6) is 0 Å². The minimum absolute atomic E-state index is 0.230. The van der Waals surface area contributed by atoms with Gasteiger partial charge < -0.3 is 9.88 Å². The van der Waals surface area contributed by atoms with E-state index in [9.17, 15) is 8.42 Å². The molecular formula is C11H17N3O2S. The molecule has 0 bridgehead atoms. The fourth-order valence-electron chi connectivity index (χ4n) is 2.39. The van der Waals surface area contributed by atoms with Crippen LogP contribution in [-0.4, -0.2) is 35.5 Å². The van der Waals surface area contributed by atoms with Gasteiger partial charge in [-0.1, -0.05) is 0 Å². The summed E-state index contributed by atoms with van der Waals surface area (Å²) >= 11 is 0. The molecule has 2 fully saturated rings. The third-order valence-corrected chi connectivity index (χ3v) is 5.84. The lowest BCUT2D eigenvalue weighted by molar-refractivity contribution is 0.591. The van der Waals surface area contributed by atoms with E-state index in [2.05, 4.69) is 14.9 Å². The number of sulfone groups is 1. The molecule has 2 heterocycles. The second kappa shape index (κ2) is 4.01. The summed E-state index contributed by atoms with van der Waals surface area (Å²) in [7, 11) is -2.86. The fraction of sp³-hybridized carbons (Fsp3) is 0.727. The summed E-state index contributed by atoms with van der Waals surface area (Å²) in [4.78, 5) is 4.24. The number of hydrogen-bond donors (Lipinski definition) is 1. The van der Waals surface area contributed by atoms with Gasteiger partial charge in [0.25, 0.3) is 0 Å². The standard InChI is InChI=1S/C11H17N3O2S/c15-17(16)7-1-2-10(17)8-13-11-12-5-6-14(11)9-3-4-9/h5-6,9-10H,1-4,7-8H2,(H,12,13). The minimum atomic E-state index is -2.86. The van der Waals surface area contributed by atoms with Crippen LogP contribution in [0, 0.1) is 0 Å². The van der Waals surface area contributed by atoms with Gasteiger partial charge in [-0.05, 0) is 25.7 Å². The predicted molar refractivity (Wildman–Crippen MR) is 65.8 cm³/mol. The van der Waals surface area contributed by atoms with Crippen molar-refractivity contribution in [1.82, 2.24) is 9.55 Å². The third-order valence-electron chi connectivity index (χ3n) is 3.56. The van der Waals surface area contributed by atoms with E-state index in [0.29, 0.717) is 18.3 Å². The quantitative estimate of drug-likeness (QED) is 0.878. The van der Waals surface area contributed by atoms with E-state index in [0.717, 1.165) is 18.8 Å². The molecule has 1 atom stereocenters. The highest BCUT2D eigenvalue weighted by molar-refractivity contribution is 7.92. The largest absolute Gasteiger partial charge is 0.354 e. The summed E-state index contributed by atoms with van der Waals surface area (Å²) in [5, 5.41) is 2.96. The molecule has 1 saturated carbocycles. The number of rotatable bonds is 4. The minimum Gasteiger partial charge on any atom is -0.354 e. The number of aromatic nitrogens is 2. The first-order valence-electron chi connectivity index (χ1n) is 6.15. The summed E-state index contributed by atoms with van der Waals surface area (Å²) in [5.74, 6) is 1.16. The predicted octanol–water partition coefficient (Wildman–Crippen LogP) is 1.21. The molecule has 5 nitrogen and oxygen atoms in total. The first-order chi connectivity index (χ1) is 8.17.